The van der Waals surface area contributed by atoms with Crippen LogP contribution in [0.1, 0.15) is 22.5 Å². The van der Waals surface area contributed by atoms with Crippen molar-refractivity contribution in [3.8, 4) is 34.2 Å². The molecule has 0 fully saturated rings. The predicted molar refractivity (Wildman–Crippen MR) is 106 cm³/mol. The number of aromatic hydroxyl groups is 1. The standard InChI is InChI=1S/C21H18N6O/c1-11-3-4-18(28)12(2)20(11)16-10-26-21-14(15(16)6-22)5-17(27-21)13-8-24-19(7-23)25-9-13/h3-5,8-10,28H,7,23H2,1-2H3,(H,26,27). The number of hydrogen-bond acceptors (Lipinski definition) is 6. The molecule has 7 heteroatoms. The number of aryl methyl sites for hydroxylation is 1. The Morgan fingerprint density at radius 3 is 2.57 bits per heavy atom. The molecule has 4 aromatic rings. The first-order valence-corrected chi connectivity index (χ1v) is 8.76. The van der Waals surface area contributed by atoms with E-state index in [1.54, 1.807) is 24.7 Å². The van der Waals surface area contributed by atoms with Crippen LogP contribution in [-0.2, 0) is 6.54 Å². The van der Waals surface area contributed by atoms with E-state index < -0.39 is 0 Å². The van der Waals surface area contributed by atoms with Gasteiger partial charge in [0.15, 0.2) is 0 Å². The highest BCUT2D eigenvalue weighted by Gasteiger charge is 2.18. The van der Waals surface area contributed by atoms with Gasteiger partial charge in [-0.15, -0.1) is 0 Å². The molecule has 7 nitrogen and oxygen atoms in total. The van der Waals surface area contributed by atoms with Crippen LogP contribution in [0.4, 0.5) is 0 Å². The van der Waals surface area contributed by atoms with Crippen LogP contribution in [0.15, 0.2) is 36.8 Å². The van der Waals surface area contributed by atoms with Crippen LogP contribution in [0.25, 0.3) is 33.4 Å². The lowest BCUT2D eigenvalue weighted by Crippen LogP contribution is -2.02. The Labute approximate surface area is 161 Å². The van der Waals surface area contributed by atoms with E-state index in [-0.39, 0.29) is 12.3 Å². The lowest BCUT2D eigenvalue weighted by Gasteiger charge is -2.13. The van der Waals surface area contributed by atoms with Gasteiger partial charge in [0.05, 0.1) is 17.8 Å². The van der Waals surface area contributed by atoms with Gasteiger partial charge in [-0.2, -0.15) is 5.26 Å². The number of phenolic OH excluding ortho intramolecular Hbond substituents is 1. The maximum absolute atomic E-state index is 10.1. The third-order valence-electron chi connectivity index (χ3n) is 4.88. The zero-order valence-electron chi connectivity index (χ0n) is 15.5. The number of nitrogens with two attached hydrogens (primary N) is 1. The molecular weight excluding hydrogens is 352 g/mol. The molecule has 4 rings (SSSR count). The van der Waals surface area contributed by atoms with Crippen LogP contribution in [0.5, 0.6) is 5.75 Å². The molecule has 3 aromatic heterocycles. The van der Waals surface area contributed by atoms with Gasteiger partial charge in [-0.3, -0.25) is 0 Å². The van der Waals surface area contributed by atoms with E-state index in [1.807, 2.05) is 26.0 Å². The fourth-order valence-electron chi connectivity index (χ4n) is 3.39. The van der Waals surface area contributed by atoms with Gasteiger partial charge in [0, 0.05) is 35.1 Å². The fraction of sp³-hybridized carbons (Fsp3) is 0.143. The quantitative estimate of drug-likeness (QED) is 0.508. The van der Waals surface area contributed by atoms with Gasteiger partial charge in [0.2, 0.25) is 0 Å². The summed E-state index contributed by atoms with van der Waals surface area (Å²) in [6.45, 7) is 4.06. The molecule has 0 aliphatic rings. The fourth-order valence-corrected chi connectivity index (χ4v) is 3.39. The topological polar surface area (TPSA) is 124 Å². The normalized spacial score (nSPS) is 10.9. The minimum absolute atomic E-state index is 0.191. The number of H-pyrrole nitrogens is 1. The molecule has 28 heavy (non-hydrogen) atoms. The molecule has 3 heterocycles. The van der Waals surface area contributed by atoms with Crippen molar-refractivity contribution in [2.24, 2.45) is 5.73 Å². The average Bonchev–Trinajstić information content (AvgIpc) is 3.15. The number of pyridine rings is 1. The van der Waals surface area contributed by atoms with E-state index in [9.17, 15) is 10.4 Å². The van der Waals surface area contributed by atoms with Gasteiger partial charge in [0.25, 0.3) is 0 Å². The van der Waals surface area contributed by atoms with Crippen LogP contribution in [-0.4, -0.2) is 25.0 Å². The Balaban J connectivity index is 1.92. The second-order valence-corrected chi connectivity index (χ2v) is 6.60. The van der Waals surface area contributed by atoms with Crippen molar-refractivity contribution < 1.29 is 5.11 Å². The molecule has 0 saturated carbocycles. The van der Waals surface area contributed by atoms with Gasteiger partial charge in [-0.05, 0) is 42.7 Å². The number of phenols is 1. The highest BCUT2D eigenvalue weighted by atomic mass is 16.3. The Morgan fingerprint density at radius 1 is 1.14 bits per heavy atom. The molecule has 0 saturated heterocycles. The maximum atomic E-state index is 10.1. The SMILES string of the molecule is Cc1ccc(O)c(C)c1-c1cnc2[nH]c(-c3cnc(CN)nc3)cc2c1C#N. The molecule has 0 aliphatic heterocycles. The summed E-state index contributed by atoms with van der Waals surface area (Å²) in [4.78, 5) is 16.2. The number of aromatic amines is 1. The van der Waals surface area contributed by atoms with Gasteiger partial charge in [-0.1, -0.05) is 6.07 Å². The minimum atomic E-state index is 0.191. The molecular formula is C21H18N6O. The molecule has 4 N–H and O–H groups in total. The van der Waals surface area contributed by atoms with Crippen molar-refractivity contribution in [3.63, 3.8) is 0 Å². The monoisotopic (exact) mass is 370 g/mol. The van der Waals surface area contributed by atoms with Crippen LogP contribution < -0.4 is 5.73 Å². The second-order valence-electron chi connectivity index (χ2n) is 6.60. The summed E-state index contributed by atoms with van der Waals surface area (Å²) in [7, 11) is 0. The second kappa shape index (κ2) is 6.76. The summed E-state index contributed by atoms with van der Waals surface area (Å²) in [6, 6.07) is 7.67. The largest absolute Gasteiger partial charge is 0.508 e. The first kappa shape index (κ1) is 17.6. The maximum Gasteiger partial charge on any atom is 0.141 e. The van der Waals surface area contributed by atoms with Crippen LogP contribution >= 0.6 is 0 Å². The zero-order chi connectivity index (χ0) is 19.8. The van der Waals surface area contributed by atoms with Crippen molar-refractivity contribution in [1.82, 2.24) is 19.9 Å². The molecule has 0 radical (unpaired) electrons. The summed E-state index contributed by atoms with van der Waals surface area (Å²) >= 11 is 0. The van der Waals surface area contributed by atoms with Crippen LogP contribution in [0.2, 0.25) is 0 Å². The van der Waals surface area contributed by atoms with Crippen molar-refractivity contribution in [1.29, 1.82) is 5.26 Å². The molecule has 0 bridgehead atoms. The van der Waals surface area contributed by atoms with Crippen molar-refractivity contribution in [2.45, 2.75) is 20.4 Å². The number of nitrogens with one attached hydrogen (secondary N) is 1. The lowest BCUT2D eigenvalue weighted by molar-refractivity contribution is 0.471. The molecule has 0 aliphatic carbocycles. The smallest absolute Gasteiger partial charge is 0.141 e. The number of hydrogen-bond donors (Lipinski definition) is 3. The molecule has 0 atom stereocenters. The highest BCUT2D eigenvalue weighted by molar-refractivity contribution is 5.94. The van der Waals surface area contributed by atoms with Gasteiger partial charge < -0.3 is 15.8 Å². The number of benzene rings is 1. The van der Waals surface area contributed by atoms with E-state index in [2.05, 4.69) is 26.0 Å². The summed E-state index contributed by atoms with van der Waals surface area (Å²) < 4.78 is 0. The van der Waals surface area contributed by atoms with Crippen LogP contribution in [0.3, 0.4) is 0 Å². The van der Waals surface area contributed by atoms with Crippen molar-refractivity contribution in [3.05, 3.63) is 59.3 Å². The zero-order valence-corrected chi connectivity index (χ0v) is 15.5. The number of nitrogens with zero attached hydrogens (tertiary/aromatic N) is 4. The van der Waals surface area contributed by atoms with E-state index in [0.29, 0.717) is 28.0 Å². The first-order valence-electron chi connectivity index (χ1n) is 8.76. The Morgan fingerprint density at radius 2 is 1.89 bits per heavy atom. The number of fused-ring (bicyclic) bond motifs is 1. The molecule has 0 spiro atoms. The third kappa shape index (κ3) is 2.76. The third-order valence-corrected chi connectivity index (χ3v) is 4.88. The highest BCUT2D eigenvalue weighted by Crippen LogP contribution is 2.37. The Kier molecular flexibility index (Phi) is 4.26. The average molecular weight is 370 g/mol. The number of nitriles is 1. The van der Waals surface area contributed by atoms with Gasteiger partial charge in [-0.25, -0.2) is 15.0 Å². The molecule has 1 aromatic carbocycles. The van der Waals surface area contributed by atoms with E-state index in [4.69, 9.17) is 5.73 Å². The number of aromatic nitrogens is 4. The van der Waals surface area contributed by atoms with Gasteiger partial charge >= 0.3 is 0 Å². The molecule has 0 amide bonds. The van der Waals surface area contributed by atoms with Crippen molar-refractivity contribution >= 4 is 11.0 Å². The van der Waals surface area contributed by atoms with E-state index in [1.165, 1.54) is 0 Å². The predicted octanol–water partition coefficient (Wildman–Crippen LogP) is 3.34. The van der Waals surface area contributed by atoms with Gasteiger partial charge in [0.1, 0.15) is 23.3 Å². The van der Waals surface area contributed by atoms with E-state index >= 15 is 0 Å². The van der Waals surface area contributed by atoms with E-state index in [0.717, 1.165) is 27.9 Å². The molecule has 0 unspecified atom stereocenters. The van der Waals surface area contributed by atoms with Crippen LogP contribution in [0, 0.1) is 25.2 Å². The molecule has 138 valence electrons. The summed E-state index contributed by atoms with van der Waals surface area (Å²) in [5.74, 6) is 0.754. The first-order chi connectivity index (χ1) is 13.5. The Hall–Kier alpha value is -3.76. The summed E-state index contributed by atoms with van der Waals surface area (Å²) in [5, 5.41) is 20.7. The number of rotatable bonds is 3. The minimum Gasteiger partial charge on any atom is -0.508 e. The summed E-state index contributed by atoms with van der Waals surface area (Å²) in [6.07, 6.45) is 5.05. The van der Waals surface area contributed by atoms with Crippen molar-refractivity contribution in [2.75, 3.05) is 0 Å². The Bertz CT molecular complexity index is 1230. The summed E-state index contributed by atoms with van der Waals surface area (Å²) in [5.41, 5.74) is 11.4. The lowest BCUT2D eigenvalue weighted by atomic mass is 9.92.